The van der Waals surface area contributed by atoms with Crippen LogP contribution in [-0.4, -0.2) is 20.5 Å². The van der Waals surface area contributed by atoms with Gasteiger partial charge in [-0.25, -0.2) is 8.42 Å². The first-order valence-electron chi connectivity index (χ1n) is 6.16. The first kappa shape index (κ1) is 15.1. The molecular formula is C15H15NO4S. The van der Waals surface area contributed by atoms with Gasteiger partial charge in [-0.15, -0.1) is 0 Å². The Morgan fingerprint density at radius 3 is 2.33 bits per heavy atom. The fraction of sp³-hybridized carbons (Fsp3) is 0.133. The Hall–Kier alpha value is -2.34. The van der Waals surface area contributed by atoms with E-state index in [0.29, 0.717) is 22.7 Å². The predicted molar refractivity (Wildman–Crippen MR) is 80.5 cm³/mol. The molecule has 0 spiro atoms. The van der Waals surface area contributed by atoms with Crippen molar-refractivity contribution in [1.29, 1.82) is 0 Å². The van der Waals surface area contributed by atoms with Crippen molar-refractivity contribution in [2.75, 3.05) is 12.0 Å². The summed E-state index contributed by atoms with van der Waals surface area (Å²) >= 11 is 0. The lowest BCUT2D eigenvalue weighted by Gasteiger charge is -2.09. The SMILES string of the molecule is CC(=O)c1ccc(Oc2cccc(S(C)(=O)=O)c2)cc1N. The van der Waals surface area contributed by atoms with Crippen LogP contribution in [0.5, 0.6) is 11.5 Å². The number of hydrogen-bond acceptors (Lipinski definition) is 5. The molecule has 0 radical (unpaired) electrons. The van der Waals surface area contributed by atoms with Crippen LogP contribution in [0, 0.1) is 0 Å². The second kappa shape index (κ2) is 5.57. The number of nitrogen functional groups attached to an aromatic ring is 1. The third-order valence-electron chi connectivity index (χ3n) is 2.87. The van der Waals surface area contributed by atoms with Gasteiger partial charge in [0.2, 0.25) is 0 Å². The van der Waals surface area contributed by atoms with Gasteiger partial charge in [0, 0.05) is 23.6 Å². The molecule has 0 bridgehead atoms. The molecule has 0 amide bonds. The molecule has 0 aliphatic carbocycles. The summed E-state index contributed by atoms with van der Waals surface area (Å²) in [6.45, 7) is 1.43. The second-order valence-electron chi connectivity index (χ2n) is 4.65. The monoisotopic (exact) mass is 305 g/mol. The van der Waals surface area contributed by atoms with Crippen LogP contribution in [0.1, 0.15) is 17.3 Å². The van der Waals surface area contributed by atoms with E-state index in [0.717, 1.165) is 6.26 Å². The summed E-state index contributed by atoms with van der Waals surface area (Å²) in [6, 6.07) is 10.9. The van der Waals surface area contributed by atoms with Gasteiger partial charge in [-0.1, -0.05) is 6.07 Å². The minimum absolute atomic E-state index is 0.127. The lowest BCUT2D eigenvalue weighted by Crippen LogP contribution is -2.00. The molecule has 0 unspecified atom stereocenters. The zero-order valence-electron chi connectivity index (χ0n) is 11.7. The van der Waals surface area contributed by atoms with E-state index in [4.69, 9.17) is 10.5 Å². The summed E-state index contributed by atoms with van der Waals surface area (Å²) in [5.41, 5.74) is 6.52. The third kappa shape index (κ3) is 3.61. The van der Waals surface area contributed by atoms with Crippen LogP contribution in [0.3, 0.4) is 0 Å². The van der Waals surface area contributed by atoms with Gasteiger partial charge < -0.3 is 10.5 Å². The van der Waals surface area contributed by atoms with Gasteiger partial charge in [-0.2, -0.15) is 0 Å². The standard InChI is InChI=1S/C15H15NO4S/c1-10(17)14-7-6-12(9-15(14)16)20-11-4-3-5-13(8-11)21(2,18)19/h3-9H,16H2,1-2H3. The van der Waals surface area contributed by atoms with Gasteiger partial charge in [0.1, 0.15) is 11.5 Å². The molecule has 2 rings (SSSR count). The Labute approximate surface area is 123 Å². The second-order valence-corrected chi connectivity index (χ2v) is 6.67. The Bertz CT molecular complexity index is 797. The number of nitrogens with two attached hydrogens (primary N) is 1. The number of carbonyl (C=O) groups excluding carboxylic acids is 1. The van der Waals surface area contributed by atoms with Crippen molar-refractivity contribution in [3.8, 4) is 11.5 Å². The summed E-state index contributed by atoms with van der Waals surface area (Å²) in [4.78, 5) is 11.5. The van der Waals surface area contributed by atoms with Crippen LogP contribution in [-0.2, 0) is 9.84 Å². The normalized spacial score (nSPS) is 11.1. The lowest BCUT2D eigenvalue weighted by molar-refractivity contribution is 0.101. The number of benzene rings is 2. The molecule has 2 aromatic rings. The summed E-state index contributed by atoms with van der Waals surface area (Å²) in [5, 5.41) is 0. The molecule has 110 valence electrons. The number of sulfone groups is 1. The fourth-order valence-corrected chi connectivity index (χ4v) is 2.49. The highest BCUT2D eigenvalue weighted by Crippen LogP contribution is 2.27. The molecule has 0 aliphatic heterocycles. The van der Waals surface area contributed by atoms with E-state index in [1.165, 1.54) is 25.1 Å². The van der Waals surface area contributed by atoms with E-state index in [1.54, 1.807) is 24.3 Å². The smallest absolute Gasteiger partial charge is 0.175 e. The highest BCUT2D eigenvalue weighted by Gasteiger charge is 2.10. The van der Waals surface area contributed by atoms with Crippen molar-refractivity contribution < 1.29 is 17.9 Å². The number of ether oxygens (including phenoxy) is 1. The molecule has 5 nitrogen and oxygen atoms in total. The van der Waals surface area contributed by atoms with Crippen LogP contribution in [0.15, 0.2) is 47.4 Å². The van der Waals surface area contributed by atoms with Crippen LogP contribution in [0.2, 0.25) is 0 Å². The van der Waals surface area contributed by atoms with Crippen molar-refractivity contribution in [2.45, 2.75) is 11.8 Å². The van der Waals surface area contributed by atoms with Crippen LogP contribution in [0.4, 0.5) is 5.69 Å². The van der Waals surface area contributed by atoms with Gasteiger partial charge in [0.25, 0.3) is 0 Å². The molecule has 21 heavy (non-hydrogen) atoms. The number of anilines is 1. The Balaban J connectivity index is 2.31. The van der Waals surface area contributed by atoms with Gasteiger partial charge >= 0.3 is 0 Å². The van der Waals surface area contributed by atoms with Crippen molar-refractivity contribution in [3.05, 3.63) is 48.0 Å². The zero-order chi connectivity index (χ0) is 15.6. The molecule has 0 heterocycles. The maximum atomic E-state index is 11.5. The van der Waals surface area contributed by atoms with E-state index in [1.807, 2.05) is 0 Å². The summed E-state index contributed by atoms with van der Waals surface area (Å²) in [5.74, 6) is 0.689. The van der Waals surface area contributed by atoms with Crippen LogP contribution in [0.25, 0.3) is 0 Å². The molecular weight excluding hydrogens is 290 g/mol. The Morgan fingerprint density at radius 1 is 1.10 bits per heavy atom. The van der Waals surface area contributed by atoms with Crippen molar-refractivity contribution in [1.82, 2.24) is 0 Å². The number of ketones is 1. The van der Waals surface area contributed by atoms with Crippen molar-refractivity contribution >= 4 is 21.3 Å². The third-order valence-corrected chi connectivity index (χ3v) is 3.98. The fourth-order valence-electron chi connectivity index (χ4n) is 1.83. The molecule has 2 N–H and O–H groups in total. The van der Waals surface area contributed by atoms with E-state index in [9.17, 15) is 13.2 Å². The van der Waals surface area contributed by atoms with Crippen LogP contribution >= 0.6 is 0 Å². The summed E-state index contributed by atoms with van der Waals surface area (Å²) < 4.78 is 28.6. The highest BCUT2D eigenvalue weighted by atomic mass is 32.2. The number of carbonyl (C=O) groups is 1. The van der Waals surface area contributed by atoms with Gasteiger partial charge in [0.15, 0.2) is 15.6 Å². The molecule has 2 aromatic carbocycles. The first-order chi connectivity index (χ1) is 9.77. The quantitative estimate of drug-likeness (QED) is 0.693. The molecule has 0 aromatic heterocycles. The van der Waals surface area contributed by atoms with Gasteiger partial charge in [-0.05, 0) is 37.3 Å². The van der Waals surface area contributed by atoms with E-state index < -0.39 is 9.84 Å². The predicted octanol–water partition coefficient (Wildman–Crippen LogP) is 2.67. The molecule has 0 aliphatic rings. The molecule has 6 heteroatoms. The average molecular weight is 305 g/mol. The number of hydrogen-bond donors (Lipinski definition) is 1. The Kier molecular flexibility index (Phi) is 3.99. The topological polar surface area (TPSA) is 86.5 Å². The minimum atomic E-state index is -3.29. The first-order valence-corrected chi connectivity index (χ1v) is 8.05. The molecule has 0 saturated heterocycles. The molecule has 0 atom stereocenters. The largest absolute Gasteiger partial charge is 0.457 e. The number of rotatable bonds is 4. The van der Waals surface area contributed by atoms with E-state index in [2.05, 4.69) is 0 Å². The number of Topliss-reactive ketones (excluding diaryl/α,β-unsaturated/α-hetero) is 1. The maximum Gasteiger partial charge on any atom is 0.175 e. The van der Waals surface area contributed by atoms with Crippen molar-refractivity contribution in [2.24, 2.45) is 0 Å². The zero-order valence-corrected chi connectivity index (χ0v) is 12.5. The van der Waals surface area contributed by atoms with Crippen LogP contribution < -0.4 is 10.5 Å². The summed E-state index contributed by atoms with van der Waals surface area (Å²) in [6.07, 6.45) is 1.13. The summed E-state index contributed by atoms with van der Waals surface area (Å²) in [7, 11) is -3.29. The lowest BCUT2D eigenvalue weighted by atomic mass is 10.1. The van der Waals surface area contributed by atoms with Crippen molar-refractivity contribution in [3.63, 3.8) is 0 Å². The van der Waals surface area contributed by atoms with Gasteiger partial charge in [0.05, 0.1) is 4.90 Å². The van der Waals surface area contributed by atoms with E-state index >= 15 is 0 Å². The van der Waals surface area contributed by atoms with E-state index in [-0.39, 0.29) is 10.7 Å². The highest BCUT2D eigenvalue weighted by molar-refractivity contribution is 7.90. The Morgan fingerprint density at radius 2 is 1.76 bits per heavy atom. The average Bonchev–Trinajstić information content (AvgIpc) is 2.37. The molecule has 0 saturated carbocycles. The minimum Gasteiger partial charge on any atom is -0.457 e. The van der Waals surface area contributed by atoms with Gasteiger partial charge in [-0.3, -0.25) is 4.79 Å². The maximum absolute atomic E-state index is 11.5. The molecule has 0 fully saturated rings.